The van der Waals surface area contributed by atoms with E-state index < -0.39 is 22.2 Å². The minimum absolute atomic E-state index is 0.0978. The van der Waals surface area contributed by atoms with E-state index in [0.29, 0.717) is 12.1 Å². The summed E-state index contributed by atoms with van der Waals surface area (Å²) in [5, 5.41) is 0.664. The van der Waals surface area contributed by atoms with Crippen molar-refractivity contribution in [2.24, 2.45) is 0 Å². The fourth-order valence-corrected chi connectivity index (χ4v) is 4.93. The second-order valence-electron chi connectivity index (χ2n) is 10.9. The van der Waals surface area contributed by atoms with Gasteiger partial charge in [-0.25, -0.2) is 4.57 Å². The second kappa shape index (κ2) is 8.80. The lowest BCUT2D eigenvalue weighted by molar-refractivity contribution is 0.510. The molecule has 5 aromatic rings. The molecule has 0 aliphatic carbocycles. The average Bonchev–Trinajstić information content (AvgIpc) is 3.26. The van der Waals surface area contributed by atoms with E-state index in [4.69, 9.17) is 0 Å². The fraction of sp³-hybridized carbons (Fsp3) is 0.290. The van der Waals surface area contributed by atoms with Crippen LogP contribution in [0, 0.1) is 0 Å². The van der Waals surface area contributed by atoms with Gasteiger partial charge in [0.05, 0.1) is 27.2 Å². The van der Waals surface area contributed by atoms with E-state index in [2.05, 4.69) is 45.0 Å². The van der Waals surface area contributed by atoms with Crippen molar-refractivity contribution in [3.63, 3.8) is 0 Å². The zero-order chi connectivity index (χ0) is 26.6. The first-order valence-electron chi connectivity index (χ1n) is 12.6. The molecule has 188 valence electrons. The van der Waals surface area contributed by atoms with Crippen LogP contribution in [0.25, 0.3) is 27.2 Å². The third-order valence-corrected chi connectivity index (χ3v) is 7.38. The van der Waals surface area contributed by atoms with E-state index in [9.17, 15) is 19.2 Å². The van der Waals surface area contributed by atoms with Crippen LogP contribution >= 0.6 is 0 Å². The van der Waals surface area contributed by atoms with Gasteiger partial charge < -0.3 is 0 Å². The Labute approximate surface area is 214 Å². The highest BCUT2D eigenvalue weighted by Crippen LogP contribution is 2.23. The van der Waals surface area contributed by atoms with Gasteiger partial charge in [-0.2, -0.15) is 0 Å². The molecule has 6 nitrogen and oxygen atoms in total. The van der Waals surface area contributed by atoms with Crippen molar-refractivity contribution in [1.82, 2.24) is 9.13 Å². The highest BCUT2D eigenvalue weighted by Gasteiger charge is 2.21. The largest absolute Gasteiger partial charge is 0.272 e. The Bertz CT molecular complexity index is 1760. The molecule has 0 saturated heterocycles. The van der Waals surface area contributed by atoms with Crippen molar-refractivity contribution >= 4 is 21.5 Å². The van der Waals surface area contributed by atoms with Crippen LogP contribution in [-0.2, 0) is 11.8 Å². The van der Waals surface area contributed by atoms with Gasteiger partial charge in [-0.15, -0.1) is 0 Å². The second-order valence-corrected chi connectivity index (χ2v) is 10.9. The molecule has 6 heteroatoms. The Morgan fingerprint density at radius 2 is 1.11 bits per heavy atom. The Kier molecular flexibility index (Phi) is 5.86. The van der Waals surface area contributed by atoms with Crippen LogP contribution < -0.4 is 22.2 Å². The number of hydrogen-bond donors (Lipinski definition) is 0. The summed E-state index contributed by atoms with van der Waals surface area (Å²) in [4.78, 5) is 52.3. The molecule has 0 N–H and O–H groups in total. The smallest absolute Gasteiger partial charge is 0.266 e. The van der Waals surface area contributed by atoms with Gasteiger partial charge in [0.15, 0.2) is 0 Å². The van der Waals surface area contributed by atoms with Gasteiger partial charge in [-0.3, -0.25) is 23.7 Å². The first kappa shape index (κ1) is 24.6. The van der Waals surface area contributed by atoms with Crippen molar-refractivity contribution in [1.29, 1.82) is 0 Å². The molecule has 1 atom stereocenters. The van der Waals surface area contributed by atoms with Crippen LogP contribution in [0.2, 0.25) is 0 Å². The molecular weight excluding hydrogens is 464 g/mol. The normalized spacial score (nSPS) is 13.0. The molecule has 2 aromatic heterocycles. The number of nitrogens with zero attached hydrogens (tertiary/aromatic N) is 2. The lowest BCUT2D eigenvalue weighted by Gasteiger charge is -2.19. The van der Waals surface area contributed by atoms with Gasteiger partial charge in [0, 0.05) is 6.04 Å². The van der Waals surface area contributed by atoms with Crippen LogP contribution in [0.15, 0.2) is 79.8 Å². The van der Waals surface area contributed by atoms with Crippen molar-refractivity contribution in [3.8, 4) is 5.69 Å². The highest BCUT2D eigenvalue weighted by molar-refractivity contribution is 5.98. The molecule has 1 unspecified atom stereocenters. The Morgan fingerprint density at radius 1 is 0.676 bits per heavy atom. The number of rotatable bonds is 5. The Morgan fingerprint density at radius 3 is 1.54 bits per heavy atom. The summed E-state index contributed by atoms with van der Waals surface area (Å²) in [6.07, 6.45) is 1.35. The van der Waals surface area contributed by atoms with Crippen LogP contribution in [0.5, 0.6) is 0 Å². The maximum absolute atomic E-state index is 13.3. The number of benzene rings is 3. The van der Waals surface area contributed by atoms with Crippen LogP contribution in [0.3, 0.4) is 0 Å². The maximum atomic E-state index is 13.3. The van der Waals surface area contributed by atoms with E-state index >= 15 is 0 Å². The summed E-state index contributed by atoms with van der Waals surface area (Å²) in [5.74, 6) is 0. The molecule has 37 heavy (non-hydrogen) atoms. The van der Waals surface area contributed by atoms with Gasteiger partial charge >= 0.3 is 0 Å². The molecule has 3 aromatic carbocycles. The maximum Gasteiger partial charge on any atom is 0.266 e. The summed E-state index contributed by atoms with van der Waals surface area (Å²) in [6.45, 7) is 10.3. The Hall–Kier alpha value is -4.06. The average molecular weight is 495 g/mol. The molecule has 0 bridgehead atoms. The van der Waals surface area contributed by atoms with Gasteiger partial charge in [0.2, 0.25) is 0 Å². The standard InChI is InChI=1S/C31H30N2O4/c1-6-18(2)32-27(34)23-16-25-26(17-24(23)28(32)35)30(37)33(29(25)36)22-13-9-20(10-14-22)15-19-7-11-21(12-8-19)31(3,4)5/h7-14,16-18H,6,15H2,1-5H3. The summed E-state index contributed by atoms with van der Waals surface area (Å²) in [6, 6.07) is 18.4. The molecule has 0 radical (unpaired) electrons. The number of aromatic nitrogens is 2. The summed E-state index contributed by atoms with van der Waals surface area (Å²) in [5.41, 5.74) is 2.25. The van der Waals surface area contributed by atoms with E-state index in [1.807, 2.05) is 19.1 Å². The zero-order valence-corrected chi connectivity index (χ0v) is 21.8. The monoisotopic (exact) mass is 494 g/mol. The third kappa shape index (κ3) is 4.06. The van der Waals surface area contributed by atoms with Gasteiger partial charge in [0.25, 0.3) is 22.2 Å². The van der Waals surface area contributed by atoms with Crippen molar-refractivity contribution in [2.45, 2.75) is 58.9 Å². The minimum Gasteiger partial charge on any atom is -0.272 e. The van der Waals surface area contributed by atoms with Gasteiger partial charge in [0.1, 0.15) is 0 Å². The van der Waals surface area contributed by atoms with Crippen molar-refractivity contribution < 1.29 is 0 Å². The first-order valence-corrected chi connectivity index (χ1v) is 12.6. The van der Waals surface area contributed by atoms with Gasteiger partial charge in [-0.1, -0.05) is 64.1 Å². The number of hydrogen-bond acceptors (Lipinski definition) is 4. The first-order chi connectivity index (χ1) is 17.5. The SMILES string of the molecule is CCC(C)n1c(=O)c2cc3c(=O)n(-c4ccc(Cc5ccc(C(C)(C)C)cc5)cc4)c(=O)c3cc2c1=O. The highest BCUT2D eigenvalue weighted by atomic mass is 16.2. The molecule has 0 fully saturated rings. The quantitative estimate of drug-likeness (QED) is 0.353. The molecule has 2 heterocycles. The third-order valence-electron chi connectivity index (χ3n) is 7.38. The lowest BCUT2D eigenvalue weighted by Crippen LogP contribution is -2.28. The van der Waals surface area contributed by atoms with E-state index in [1.165, 1.54) is 27.8 Å². The van der Waals surface area contributed by atoms with Crippen LogP contribution in [-0.4, -0.2) is 9.13 Å². The molecule has 0 amide bonds. The number of fused-ring (bicyclic) bond motifs is 2. The molecule has 0 saturated carbocycles. The van der Waals surface area contributed by atoms with Gasteiger partial charge in [-0.05, 0) is 66.1 Å². The van der Waals surface area contributed by atoms with Crippen LogP contribution in [0.1, 0.15) is 63.8 Å². The van der Waals surface area contributed by atoms with E-state index in [1.54, 1.807) is 19.1 Å². The Balaban J connectivity index is 1.52. The van der Waals surface area contributed by atoms with Crippen molar-refractivity contribution in [2.75, 3.05) is 0 Å². The lowest BCUT2D eigenvalue weighted by atomic mass is 9.86. The molecule has 0 aliphatic rings. The predicted octanol–water partition coefficient (Wildman–Crippen LogP) is 4.76. The summed E-state index contributed by atoms with van der Waals surface area (Å²) >= 11 is 0. The molecular formula is C31H30N2O4. The minimum atomic E-state index is -0.490. The molecule has 0 spiro atoms. The van der Waals surface area contributed by atoms with E-state index in [-0.39, 0.29) is 33.0 Å². The predicted molar refractivity (Wildman–Crippen MR) is 149 cm³/mol. The topological polar surface area (TPSA) is 78.1 Å². The zero-order valence-electron chi connectivity index (χ0n) is 21.8. The molecule has 5 rings (SSSR count). The molecule has 0 aliphatic heterocycles. The fourth-order valence-electron chi connectivity index (χ4n) is 4.93. The van der Waals surface area contributed by atoms with E-state index in [0.717, 1.165) is 16.6 Å². The van der Waals surface area contributed by atoms with Crippen molar-refractivity contribution in [3.05, 3.63) is 119 Å². The summed E-state index contributed by atoms with van der Waals surface area (Å²) < 4.78 is 2.32. The summed E-state index contributed by atoms with van der Waals surface area (Å²) in [7, 11) is 0. The van der Waals surface area contributed by atoms with Crippen LogP contribution in [0.4, 0.5) is 0 Å².